The fourth-order valence-corrected chi connectivity index (χ4v) is 3.85. The maximum absolute atomic E-state index is 13.3. The second-order valence-electron chi connectivity index (χ2n) is 7.29. The van der Waals surface area contributed by atoms with Gasteiger partial charge in [0.25, 0.3) is 0 Å². The Balaban J connectivity index is 1.79. The van der Waals surface area contributed by atoms with Crippen LogP contribution in [0.4, 0.5) is 0 Å². The highest BCUT2D eigenvalue weighted by Crippen LogP contribution is 2.35. The van der Waals surface area contributed by atoms with Gasteiger partial charge in [-0.15, -0.1) is 0 Å². The molecule has 3 rings (SSSR count). The second-order valence-corrected chi connectivity index (χ2v) is 7.29. The molecule has 0 radical (unpaired) electrons. The van der Waals surface area contributed by atoms with Crippen molar-refractivity contribution in [2.45, 2.75) is 24.3 Å². The van der Waals surface area contributed by atoms with Crippen molar-refractivity contribution in [2.75, 3.05) is 33.9 Å². The van der Waals surface area contributed by atoms with Gasteiger partial charge in [0.1, 0.15) is 0 Å². The average Bonchev–Trinajstić information content (AvgIpc) is 3.08. The molecule has 1 saturated heterocycles. The molecule has 1 N–H and O–H groups in total. The molecule has 1 aliphatic heterocycles. The van der Waals surface area contributed by atoms with Crippen molar-refractivity contribution in [2.24, 2.45) is 7.05 Å². The van der Waals surface area contributed by atoms with E-state index in [-0.39, 0.29) is 11.9 Å². The molecule has 26 heavy (non-hydrogen) atoms. The molecular formula is C21H29N3O2. The molecule has 1 atom stereocenters. The van der Waals surface area contributed by atoms with E-state index in [4.69, 9.17) is 4.74 Å². The van der Waals surface area contributed by atoms with E-state index < -0.39 is 5.41 Å². The zero-order valence-electron chi connectivity index (χ0n) is 15.9. The number of nitrogens with one attached hydrogen (secondary N) is 1. The number of carbonyl (C=O) groups is 1. The Morgan fingerprint density at radius 3 is 2.46 bits per heavy atom. The van der Waals surface area contributed by atoms with Gasteiger partial charge in [-0.05, 0) is 44.6 Å². The summed E-state index contributed by atoms with van der Waals surface area (Å²) in [5, 5.41) is 3.24. The molecule has 5 heteroatoms. The molecular weight excluding hydrogens is 326 g/mol. The number of hydrogen-bond donors (Lipinski definition) is 1. The zero-order chi connectivity index (χ0) is 18.6. The average molecular weight is 355 g/mol. The summed E-state index contributed by atoms with van der Waals surface area (Å²) in [5.41, 5.74) is 1.78. The van der Waals surface area contributed by atoms with Crippen molar-refractivity contribution in [3.05, 3.63) is 59.9 Å². The number of benzene rings is 1. The third-order valence-corrected chi connectivity index (χ3v) is 5.51. The van der Waals surface area contributed by atoms with Crippen molar-refractivity contribution in [3.63, 3.8) is 0 Å². The maximum atomic E-state index is 13.3. The van der Waals surface area contributed by atoms with E-state index in [1.165, 1.54) is 5.69 Å². The summed E-state index contributed by atoms with van der Waals surface area (Å²) >= 11 is 0. The monoisotopic (exact) mass is 355 g/mol. The molecule has 5 nitrogen and oxygen atoms in total. The topological polar surface area (TPSA) is 46.5 Å². The van der Waals surface area contributed by atoms with Crippen molar-refractivity contribution in [1.29, 1.82) is 0 Å². The number of carbonyl (C=O) groups excluding carboxylic acids is 1. The molecule has 0 spiro atoms. The second kappa shape index (κ2) is 8.06. The minimum Gasteiger partial charge on any atom is -0.381 e. The van der Waals surface area contributed by atoms with Gasteiger partial charge in [-0.3, -0.25) is 9.69 Å². The van der Waals surface area contributed by atoms with Gasteiger partial charge in [-0.25, -0.2) is 0 Å². The first-order valence-electron chi connectivity index (χ1n) is 9.24. The Kier molecular flexibility index (Phi) is 5.79. The summed E-state index contributed by atoms with van der Waals surface area (Å²) in [5.74, 6) is 0.105. The molecule has 2 heterocycles. The molecule has 140 valence electrons. The van der Waals surface area contributed by atoms with E-state index in [0.29, 0.717) is 19.8 Å². The Labute approximate surface area is 156 Å². The highest BCUT2D eigenvalue weighted by atomic mass is 16.5. The van der Waals surface area contributed by atoms with Crippen LogP contribution in [0, 0.1) is 0 Å². The number of ether oxygens (including phenoxy) is 1. The molecule has 0 aliphatic carbocycles. The Morgan fingerprint density at radius 1 is 1.19 bits per heavy atom. The first-order valence-corrected chi connectivity index (χ1v) is 9.24. The lowest BCUT2D eigenvalue weighted by molar-refractivity contribution is -0.130. The largest absolute Gasteiger partial charge is 0.381 e. The molecule has 2 aromatic rings. The number of aryl methyl sites for hydroxylation is 1. The quantitative estimate of drug-likeness (QED) is 0.866. The van der Waals surface area contributed by atoms with E-state index in [9.17, 15) is 4.79 Å². The number of amides is 1. The van der Waals surface area contributed by atoms with Crippen LogP contribution < -0.4 is 5.32 Å². The van der Waals surface area contributed by atoms with Crippen molar-refractivity contribution < 1.29 is 9.53 Å². The summed E-state index contributed by atoms with van der Waals surface area (Å²) in [6.07, 6.45) is 3.48. The van der Waals surface area contributed by atoms with E-state index in [1.54, 1.807) is 0 Å². The first-order chi connectivity index (χ1) is 12.5. The minimum atomic E-state index is -0.495. The number of rotatable bonds is 6. The summed E-state index contributed by atoms with van der Waals surface area (Å²) in [6, 6.07) is 14.4. The summed E-state index contributed by atoms with van der Waals surface area (Å²) in [6.45, 7) is 1.83. The van der Waals surface area contributed by atoms with Crippen LogP contribution in [0.15, 0.2) is 48.7 Å². The van der Waals surface area contributed by atoms with Gasteiger partial charge < -0.3 is 14.6 Å². The number of likely N-dealkylation sites (N-methyl/N-ethyl adjacent to an activating group) is 1. The molecule has 1 amide bonds. The minimum absolute atomic E-state index is 0.105. The fraction of sp³-hybridized carbons (Fsp3) is 0.476. The van der Waals surface area contributed by atoms with Crippen LogP contribution in [-0.4, -0.2) is 49.2 Å². The lowest BCUT2D eigenvalue weighted by Gasteiger charge is -2.37. The summed E-state index contributed by atoms with van der Waals surface area (Å²) in [7, 11) is 6.13. The normalized spacial score (nSPS) is 17.8. The Bertz CT molecular complexity index is 718. The fourth-order valence-electron chi connectivity index (χ4n) is 3.85. The lowest BCUT2D eigenvalue weighted by Crippen LogP contribution is -2.49. The Morgan fingerprint density at radius 2 is 1.88 bits per heavy atom. The van der Waals surface area contributed by atoms with Crippen LogP contribution in [0.1, 0.15) is 30.1 Å². The van der Waals surface area contributed by atoms with Gasteiger partial charge in [-0.2, -0.15) is 0 Å². The number of nitrogens with zero attached hydrogens (tertiary/aromatic N) is 2. The van der Waals surface area contributed by atoms with Gasteiger partial charge >= 0.3 is 0 Å². The predicted octanol–water partition coefficient (Wildman–Crippen LogP) is 2.49. The molecule has 0 saturated carbocycles. The third-order valence-electron chi connectivity index (χ3n) is 5.51. The number of aromatic nitrogens is 1. The summed E-state index contributed by atoms with van der Waals surface area (Å²) in [4.78, 5) is 15.5. The molecule has 1 unspecified atom stereocenters. The zero-order valence-corrected chi connectivity index (χ0v) is 15.9. The molecule has 1 aromatic carbocycles. The highest BCUT2D eigenvalue weighted by Gasteiger charge is 2.41. The lowest BCUT2D eigenvalue weighted by atomic mass is 9.73. The van der Waals surface area contributed by atoms with Crippen LogP contribution in [0.2, 0.25) is 0 Å². The summed E-state index contributed by atoms with van der Waals surface area (Å²) < 4.78 is 7.65. The molecule has 1 aromatic heterocycles. The van der Waals surface area contributed by atoms with E-state index in [0.717, 1.165) is 18.4 Å². The third kappa shape index (κ3) is 3.69. The van der Waals surface area contributed by atoms with Gasteiger partial charge in [0.2, 0.25) is 5.91 Å². The van der Waals surface area contributed by atoms with Crippen LogP contribution in [0.3, 0.4) is 0 Å². The molecule has 1 aliphatic rings. The highest BCUT2D eigenvalue weighted by molar-refractivity contribution is 5.88. The van der Waals surface area contributed by atoms with Gasteiger partial charge in [0.15, 0.2) is 0 Å². The number of hydrogen-bond acceptors (Lipinski definition) is 3. The van der Waals surface area contributed by atoms with Crippen LogP contribution in [0.25, 0.3) is 0 Å². The van der Waals surface area contributed by atoms with Crippen molar-refractivity contribution in [1.82, 2.24) is 14.8 Å². The van der Waals surface area contributed by atoms with E-state index in [2.05, 4.69) is 33.0 Å². The van der Waals surface area contributed by atoms with Crippen LogP contribution >= 0.6 is 0 Å². The van der Waals surface area contributed by atoms with Crippen LogP contribution in [-0.2, 0) is 22.0 Å². The van der Waals surface area contributed by atoms with Gasteiger partial charge in [0.05, 0.1) is 11.5 Å². The van der Waals surface area contributed by atoms with Crippen molar-refractivity contribution >= 4 is 5.91 Å². The Hall–Kier alpha value is -2.11. The van der Waals surface area contributed by atoms with Gasteiger partial charge in [0, 0.05) is 38.7 Å². The smallest absolute Gasteiger partial charge is 0.230 e. The van der Waals surface area contributed by atoms with E-state index >= 15 is 0 Å². The standard InChI is InChI=1S/C21H29N3O2/c1-23(2)19(18-10-7-13-24(18)3)16-22-20(25)21(11-14-26-15-12-21)17-8-5-4-6-9-17/h4-10,13,19H,11-12,14-16H2,1-3H3,(H,22,25). The SMILES string of the molecule is CN(C)C(CNC(=O)C1(c2ccccc2)CCOCC1)c1cccn1C. The predicted molar refractivity (Wildman–Crippen MR) is 103 cm³/mol. The molecule has 1 fully saturated rings. The first kappa shape index (κ1) is 18.7. The maximum Gasteiger partial charge on any atom is 0.230 e. The van der Waals surface area contributed by atoms with Crippen molar-refractivity contribution in [3.8, 4) is 0 Å². The molecule has 0 bridgehead atoms. The van der Waals surface area contributed by atoms with Crippen LogP contribution in [0.5, 0.6) is 0 Å². The van der Waals surface area contributed by atoms with E-state index in [1.807, 2.05) is 51.6 Å². The van der Waals surface area contributed by atoms with Gasteiger partial charge in [-0.1, -0.05) is 30.3 Å².